The predicted octanol–water partition coefficient (Wildman–Crippen LogP) is 26.5. The minimum absolute atomic E-state index is 0.0139. The van der Waals surface area contributed by atoms with Crippen molar-refractivity contribution in [3.8, 4) is 135 Å². The molecule has 16 aromatic rings. The molecule has 0 spiro atoms. The van der Waals surface area contributed by atoms with Crippen LogP contribution in [0.2, 0.25) is 0 Å². The molecule has 0 amide bonds. The van der Waals surface area contributed by atoms with E-state index in [1.807, 2.05) is 97.1 Å². The molecule has 0 atom stereocenters. The quantitative estimate of drug-likeness (QED) is 0.151. The lowest BCUT2D eigenvalue weighted by Crippen LogP contribution is -2.44. The minimum atomic E-state index is -0.236. The van der Waals surface area contributed by atoms with Crippen LogP contribution in [0.5, 0.6) is 0 Å². The molecule has 110 heavy (non-hydrogen) atoms. The van der Waals surface area contributed by atoms with Gasteiger partial charge in [0.25, 0.3) is 0 Å². The monoisotopic (exact) mass is 1420 g/mol. The first kappa shape index (κ1) is 68.2. The van der Waals surface area contributed by atoms with Crippen molar-refractivity contribution in [1.82, 2.24) is 29.9 Å². The van der Waals surface area contributed by atoms with Gasteiger partial charge in [-0.2, -0.15) is 0 Å². The van der Waals surface area contributed by atoms with E-state index in [2.05, 4.69) is 289 Å². The van der Waals surface area contributed by atoms with Gasteiger partial charge in [-0.05, 0) is 173 Å². The Hall–Kier alpha value is -12.4. The van der Waals surface area contributed by atoms with Crippen molar-refractivity contribution in [2.45, 2.75) is 116 Å². The Balaban J connectivity index is 0.000000149. The van der Waals surface area contributed by atoms with Crippen LogP contribution in [-0.2, 0) is 32.5 Å². The zero-order chi connectivity index (χ0) is 75.4. The average molecular weight is 1420 g/mol. The molecule has 2 heterocycles. The Morgan fingerprint density at radius 1 is 0.173 bits per heavy atom. The molecule has 0 radical (unpaired) electrons. The molecular formula is C104H86N6. The van der Waals surface area contributed by atoms with Gasteiger partial charge in [0.15, 0.2) is 34.9 Å². The summed E-state index contributed by atoms with van der Waals surface area (Å²) >= 11 is 0. The van der Waals surface area contributed by atoms with Gasteiger partial charge in [-0.15, -0.1) is 0 Å². The second-order valence-electron chi connectivity index (χ2n) is 33.7. The van der Waals surface area contributed by atoms with Gasteiger partial charge in [-0.3, -0.25) is 0 Å². The third kappa shape index (κ3) is 10.3. The fourth-order valence-corrected chi connectivity index (χ4v) is 18.9. The number of hydrogen-bond donors (Lipinski definition) is 0. The summed E-state index contributed by atoms with van der Waals surface area (Å²) in [5, 5.41) is 5.09. The van der Waals surface area contributed by atoms with Gasteiger partial charge in [-0.1, -0.05) is 368 Å². The number of fused-ring (bicyclic) bond motifs is 18. The highest BCUT2D eigenvalue weighted by Crippen LogP contribution is 2.64. The molecule has 20 rings (SSSR count). The summed E-state index contributed by atoms with van der Waals surface area (Å²) in [6.07, 6.45) is 0. The van der Waals surface area contributed by atoms with Crippen molar-refractivity contribution >= 4 is 21.5 Å². The van der Waals surface area contributed by atoms with E-state index in [0.29, 0.717) is 34.9 Å². The summed E-state index contributed by atoms with van der Waals surface area (Å²) < 4.78 is 0. The lowest BCUT2D eigenvalue weighted by Gasteiger charge is -2.49. The molecule has 0 unspecified atom stereocenters. The number of aromatic nitrogens is 6. The first-order valence-corrected chi connectivity index (χ1v) is 38.8. The first-order valence-electron chi connectivity index (χ1n) is 38.8. The maximum absolute atomic E-state index is 5.06. The van der Waals surface area contributed by atoms with E-state index in [0.717, 1.165) is 38.9 Å². The van der Waals surface area contributed by atoms with E-state index >= 15 is 0 Å². The highest BCUT2D eigenvalue weighted by molar-refractivity contribution is 6.12. The van der Waals surface area contributed by atoms with Crippen LogP contribution in [0, 0.1) is 0 Å². The molecule has 0 saturated carbocycles. The van der Waals surface area contributed by atoms with Crippen molar-refractivity contribution in [3.63, 3.8) is 0 Å². The first-order chi connectivity index (χ1) is 53.1. The average Bonchev–Trinajstić information content (AvgIpc) is 1.60. The molecule has 532 valence electrons. The summed E-state index contributed by atoms with van der Waals surface area (Å²) in [5.41, 5.74) is 32.4. The highest BCUT2D eigenvalue weighted by Gasteiger charge is 2.52. The molecule has 0 saturated heterocycles. The fraction of sp³-hybridized carbons (Fsp3) is 0.173. The topological polar surface area (TPSA) is 77.3 Å². The van der Waals surface area contributed by atoms with E-state index in [4.69, 9.17) is 29.9 Å². The molecule has 0 N–H and O–H groups in total. The van der Waals surface area contributed by atoms with E-state index in [9.17, 15) is 0 Å². The summed E-state index contributed by atoms with van der Waals surface area (Å²) in [5.74, 6) is 3.96. The normalized spacial score (nSPS) is 15.5. The third-order valence-electron chi connectivity index (χ3n) is 26.1. The maximum atomic E-state index is 5.06. The molecule has 0 bridgehead atoms. The largest absolute Gasteiger partial charge is 0.208 e. The van der Waals surface area contributed by atoms with Crippen LogP contribution in [0.4, 0.5) is 0 Å². The van der Waals surface area contributed by atoms with Crippen molar-refractivity contribution in [1.29, 1.82) is 0 Å². The van der Waals surface area contributed by atoms with Crippen LogP contribution in [0.25, 0.3) is 157 Å². The molecule has 4 aliphatic rings. The van der Waals surface area contributed by atoms with Crippen LogP contribution in [0.15, 0.2) is 303 Å². The van der Waals surface area contributed by atoms with Gasteiger partial charge in [-0.25, -0.2) is 29.9 Å². The number of hydrogen-bond acceptors (Lipinski definition) is 6. The van der Waals surface area contributed by atoms with Crippen LogP contribution in [0.1, 0.15) is 128 Å². The highest BCUT2D eigenvalue weighted by atomic mass is 15.0. The lowest BCUT2D eigenvalue weighted by atomic mass is 9.54. The molecule has 4 aliphatic carbocycles. The Labute approximate surface area is 645 Å². The summed E-state index contributed by atoms with van der Waals surface area (Å²) in [6.45, 7) is 29.1. The molecule has 0 fully saturated rings. The van der Waals surface area contributed by atoms with Crippen LogP contribution in [-0.4, -0.2) is 29.9 Å². The van der Waals surface area contributed by atoms with E-state index in [-0.39, 0.29) is 32.5 Å². The van der Waals surface area contributed by atoms with Crippen molar-refractivity contribution < 1.29 is 0 Å². The Morgan fingerprint density at radius 3 is 0.836 bits per heavy atom. The summed E-state index contributed by atoms with van der Waals surface area (Å²) in [4.78, 5) is 29.9. The molecule has 14 aromatic carbocycles. The smallest absolute Gasteiger partial charge is 0.164 e. The Bertz CT molecular complexity index is 6310. The zero-order valence-electron chi connectivity index (χ0n) is 64.6. The third-order valence-corrected chi connectivity index (χ3v) is 26.1. The van der Waals surface area contributed by atoms with Crippen molar-refractivity contribution in [2.24, 2.45) is 0 Å². The standard InChI is InChI=1S/2C52H43N3/c1-50(2)43-31-40(34-22-17-23-35(30-34)49-54-47(32-18-9-7-10-19-32)53-48(55-49)33-20-11-8-12-21-33)36-24-13-14-25-37(36)44(43)39-28-29-42-45(46(39)50)38-26-15-16-27-41(38)51(3,4)52(42,5)6;1-50(2)43-31-40(32-25-27-35(28-26-32)49-54-47(33-17-9-7-10-18-33)53-48(55-49)34-19-11-8-12-20-34)36-21-13-14-22-37(36)44(43)39-29-30-42-45(46(39)50)38-23-15-16-24-41(38)51(3,4)52(42,5)6/h2*7-31H,1-6H3. The molecule has 6 heteroatoms. The summed E-state index contributed by atoms with van der Waals surface area (Å²) in [7, 11) is 0. The molecule has 2 aromatic heterocycles. The van der Waals surface area contributed by atoms with Crippen LogP contribution in [0.3, 0.4) is 0 Å². The van der Waals surface area contributed by atoms with Crippen molar-refractivity contribution in [2.75, 3.05) is 0 Å². The number of nitrogens with zero attached hydrogens (tertiary/aromatic N) is 6. The van der Waals surface area contributed by atoms with Gasteiger partial charge in [0.2, 0.25) is 0 Å². The Kier molecular flexibility index (Phi) is 15.6. The van der Waals surface area contributed by atoms with E-state index < -0.39 is 0 Å². The zero-order valence-corrected chi connectivity index (χ0v) is 64.6. The van der Waals surface area contributed by atoms with Gasteiger partial charge < -0.3 is 0 Å². The lowest BCUT2D eigenvalue weighted by molar-refractivity contribution is 0.298. The predicted molar refractivity (Wildman–Crippen MR) is 456 cm³/mol. The maximum Gasteiger partial charge on any atom is 0.164 e. The van der Waals surface area contributed by atoms with Crippen LogP contribution >= 0.6 is 0 Å². The number of rotatable bonds is 8. The molecule has 6 nitrogen and oxygen atoms in total. The SMILES string of the molecule is CC1(C)c2cc(-c3ccc(-c4nc(-c5ccccc5)nc(-c5ccccc5)n4)cc3)c3ccccc3c2-c2ccc3c(c21)-c1ccccc1C(C)(C)C3(C)C.CC1(C)c2cc(-c3cccc(-c4nc(-c5ccccc5)nc(-c5ccccc5)n4)c3)c3ccccc3c2-c2ccc3c(c21)-c1ccccc1C(C)(C)C3(C)C. The molecular weight excluding hydrogens is 1330 g/mol. The van der Waals surface area contributed by atoms with Gasteiger partial charge in [0, 0.05) is 44.2 Å². The Morgan fingerprint density at radius 2 is 0.455 bits per heavy atom. The van der Waals surface area contributed by atoms with Gasteiger partial charge >= 0.3 is 0 Å². The second-order valence-corrected chi connectivity index (χ2v) is 33.7. The van der Waals surface area contributed by atoms with Crippen molar-refractivity contribution in [3.05, 3.63) is 348 Å². The second kappa shape index (κ2) is 25.1. The van der Waals surface area contributed by atoms with E-state index in [1.165, 1.54) is 127 Å². The number of benzene rings is 14. The minimum Gasteiger partial charge on any atom is -0.208 e. The fourth-order valence-electron chi connectivity index (χ4n) is 18.9. The van der Waals surface area contributed by atoms with Gasteiger partial charge in [0.1, 0.15) is 0 Å². The van der Waals surface area contributed by atoms with Crippen LogP contribution < -0.4 is 0 Å². The molecule has 0 aliphatic heterocycles. The van der Waals surface area contributed by atoms with E-state index in [1.54, 1.807) is 0 Å². The van der Waals surface area contributed by atoms with Gasteiger partial charge in [0.05, 0.1) is 0 Å². The summed E-state index contributed by atoms with van der Waals surface area (Å²) in [6, 6.07) is 109.